The van der Waals surface area contributed by atoms with Crippen LogP contribution in [0.3, 0.4) is 0 Å². The van der Waals surface area contributed by atoms with E-state index in [0.717, 1.165) is 12.0 Å². The monoisotopic (exact) mass is 283 g/mol. The molecule has 0 aliphatic heterocycles. The van der Waals surface area contributed by atoms with Crippen LogP contribution in [0.1, 0.15) is 40.9 Å². The van der Waals surface area contributed by atoms with Gasteiger partial charge in [0, 0.05) is 18.0 Å². The van der Waals surface area contributed by atoms with E-state index in [1.54, 1.807) is 11.8 Å². The highest BCUT2D eigenvalue weighted by Crippen LogP contribution is 2.24. The largest absolute Gasteiger partial charge is 0.481 e. The molecule has 1 aromatic rings. The highest BCUT2D eigenvalue weighted by atomic mass is 32.1. The number of aryl methyl sites for hydroxylation is 2. The Morgan fingerprint density at radius 1 is 1.42 bits per heavy atom. The van der Waals surface area contributed by atoms with Crippen LogP contribution in [0.2, 0.25) is 0 Å². The predicted octanol–water partition coefficient (Wildman–Crippen LogP) is 2.80. The second kappa shape index (κ2) is 6.70. The maximum atomic E-state index is 12.4. The Bertz CT molecular complexity index is 467. The van der Waals surface area contributed by atoms with Crippen molar-refractivity contribution in [1.82, 2.24) is 4.90 Å². The van der Waals surface area contributed by atoms with Gasteiger partial charge in [0.25, 0.3) is 5.91 Å². The van der Waals surface area contributed by atoms with Crippen molar-refractivity contribution in [3.63, 3.8) is 0 Å². The van der Waals surface area contributed by atoms with Crippen LogP contribution in [0.4, 0.5) is 0 Å². The summed E-state index contributed by atoms with van der Waals surface area (Å²) in [6, 6.07) is 1.90. The third-order valence-electron chi connectivity index (χ3n) is 3.14. The lowest BCUT2D eigenvalue weighted by Gasteiger charge is -2.22. The fraction of sp³-hybridized carbons (Fsp3) is 0.571. The van der Waals surface area contributed by atoms with Crippen molar-refractivity contribution >= 4 is 23.2 Å². The van der Waals surface area contributed by atoms with Gasteiger partial charge >= 0.3 is 5.97 Å². The summed E-state index contributed by atoms with van der Waals surface area (Å²) in [5.74, 6) is -1.48. The van der Waals surface area contributed by atoms with Crippen LogP contribution >= 0.6 is 11.3 Å². The zero-order chi connectivity index (χ0) is 14.6. The number of carboxylic acids is 1. The van der Waals surface area contributed by atoms with Crippen LogP contribution in [0, 0.1) is 12.8 Å². The van der Waals surface area contributed by atoms with Gasteiger partial charge in [0.15, 0.2) is 0 Å². The molecule has 1 rings (SSSR count). The van der Waals surface area contributed by atoms with Gasteiger partial charge in [-0.05, 0) is 31.9 Å². The second-order valence-corrected chi connectivity index (χ2v) is 5.79. The Morgan fingerprint density at radius 2 is 2.05 bits per heavy atom. The Morgan fingerprint density at radius 3 is 2.47 bits per heavy atom. The quantitative estimate of drug-likeness (QED) is 0.873. The molecular weight excluding hydrogens is 262 g/mol. The zero-order valence-electron chi connectivity index (χ0n) is 11.9. The first-order chi connectivity index (χ1) is 8.90. The van der Waals surface area contributed by atoms with Gasteiger partial charge in [-0.2, -0.15) is 0 Å². The second-order valence-electron chi connectivity index (χ2n) is 4.65. The summed E-state index contributed by atoms with van der Waals surface area (Å²) >= 11 is 1.51. The number of carboxylic acid groups (broad SMARTS) is 1. The molecule has 106 valence electrons. The topological polar surface area (TPSA) is 57.6 Å². The normalized spacial score (nSPS) is 12.2. The maximum Gasteiger partial charge on any atom is 0.308 e. The molecule has 0 aliphatic carbocycles. The minimum absolute atomic E-state index is 0.0663. The average molecular weight is 283 g/mol. The summed E-state index contributed by atoms with van der Waals surface area (Å²) < 4.78 is 0. The molecule has 4 nitrogen and oxygen atoms in total. The third kappa shape index (κ3) is 3.80. The van der Waals surface area contributed by atoms with Gasteiger partial charge in [0.2, 0.25) is 0 Å². The standard InChI is InChI=1S/C14H21NO3S/c1-5-11-9(3)7-12(19-11)13(16)15(6-2)8-10(4)14(17)18/h7,10H,5-6,8H2,1-4H3,(H,17,18). The molecule has 0 spiro atoms. The number of hydrogen-bond acceptors (Lipinski definition) is 3. The minimum Gasteiger partial charge on any atom is -0.481 e. The lowest BCUT2D eigenvalue weighted by molar-refractivity contribution is -0.141. The predicted molar refractivity (Wildman–Crippen MR) is 76.8 cm³/mol. The number of amides is 1. The van der Waals surface area contributed by atoms with E-state index in [0.29, 0.717) is 11.4 Å². The van der Waals surface area contributed by atoms with Crippen LogP contribution in [-0.2, 0) is 11.2 Å². The minimum atomic E-state index is -0.872. The van der Waals surface area contributed by atoms with Crippen molar-refractivity contribution < 1.29 is 14.7 Å². The van der Waals surface area contributed by atoms with E-state index in [4.69, 9.17) is 5.11 Å². The van der Waals surface area contributed by atoms with Crippen LogP contribution in [-0.4, -0.2) is 35.0 Å². The van der Waals surface area contributed by atoms with E-state index in [1.807, 2.05) is 19.9 Å². The maximum absolute atomic E-state index is 12.4. The molecule has 5 heteroatoms. The number of hydrogen-bond donors (Lipinski definition) is 1. The van der Waals surface area contributed by atoms with E-state index in [9.17, 15) is 9.59 Å². The van der Waals surface area contributed by atoms with Gasteiger partial charge in [-0.25, -0.2) is 0 Å². The molecule has 19 heavy (non-hydrogen) atoms. The van der Waals surface area contributed by atoms with Crippen molar-refractivity contribution in [3.8, 4) is 0 Å². The van der Waals surface area contributed by atoms with Crippen LogP contribution in [0.25, 0.3) is 0 Å². The van der Waals surface area contributed by atoms with Crippen molar-refractivity contribution in [1.29, 1.82) is 0 Å². The molecule has 0 bridgehead atoms. The molecule has 0 radical (unpaired) electrons. The number of nitrogens with zero attached hydrogens (tertiary/aromatic N) is 1. The molecule has 0 aliphatic rings. The molecular formula is C14H21NO3S. The van der Waals surface area contributed by atoms with Crippen molar-refractivity contribution in [2.24, 2.45) is 5.92 Å². The number of aliphatic carboxylic acids is 1. The van der Waals surface area contributed by atoms with Crippen molar-refractivity contribution in [2.45, 2.75) is 34.1 Å². The van der Waals surface area contributed by atoms with Crippen molar-refractivity contribution in [3.05, 3.63) is 21.4 Å². The highest BCUT2D eigenvalue weighted by molar-refractivity contribution is 7.14. The SMILES string of the molecule is CCc1sc(C(=O)N(CC)CC(C)C(=O)O)cc1C. The van der Waals surface area contributed by atoms with Gasteiger partial charge in [-0.3, -0.25) is 9.59 Å². The fourth-order valence-corrected chi connectivity index (χ4v) is 2.98. The average Bonchev–Trinajstić information content (AvgIpc) is 2.75. The summed E-state index contributed by atoms with van der Waals surface area (Å²) in [5, 5.41) is 8.93. The summed E-state index contributed by atoms with van der Waals surface area (Å²) in [6.07, 6.45) is 0.918. The fourth-order valence-electron chi connectivity index (χ4n) is 1.90. The zero-order valence-corrected chi connectivity index (χ0v) is 12.7. The van der Waals surface area contributed by atoms with Gasteiger partial charge < -0.3 is 10.0 Å². The first kappa shape index (κ1) is 15.7. The molecule has 1 amide bonds. The first-order valence-electron chi connectivity index (χ1n) is 6.52. The highest BCUT2D eigenvalue weighted by Gasteiger charge is 2.22. The smallest absolute Gasteiger partial charge is 0.308 e. The molecule has 1 aromatic heterocycles. The van der Waals surface area contributed by atoms with Gasteiger partial charge in [-0.1, -0.05) is 13.8 Å². The lowest BCUT2D eigenvalue weighted by Crippen LogP contribution is -2.36. The number of rotatable bonds is 6. The van der Waals surface area contributed by atoms with Crippen LogP contribution in [0.5, 0.6) is 0 Å². The molecule has 0 fully saturated rings. The van der Waals surface area contributed by atoms with Gasteiger partial charge in [-0.15, -0.1) is 11.3 Å². The van der Waals surface area contributed by atoms with Gasteiger partial charge in [0.05, 0.1) is 10.8 Å². The summed E-state index contributed by atoms with van der Waals surface area (Å²) in [6.45, 7) is 8.33. The molecule has 1 heterocycles. The van der Waals surface area contributed by atoms with Gasteiger partial charge in [0.1, 0.15) is 0 Å². The molecule has 1 N–H and O–H groups in total. The third-order valence-corrected chi connectivity index (χ3v) is 4.51. The Balaban J connectivity index is 2.85. The van der Waals surface area contributed by atoms with Crippen LogP contribution in [0.15, 0.2) is 6.07 Å². The number of carbonyl (C=O) groups is 2. The van der Waals surface area contributed by atoms with E-state index < -0.39 is 11.9 Å². The molecule has 1 unspecified atom stereocenters. The van der Waals surface area contributed by atoms with E-state index in [-0.39, 0.29) is 12.5 Å². The molecule has 0 saturated heterocycles. The molecule has 0 saturated carbocycles. The summed E-state index contributed by atoms with van der Waals surface area (Å²) in [4.78, 5) is 26.8. The molecule has 0 aromatic carbocycles. The molecule has 1 atom stereocenters. The van der Waals surface area contributed by atoms with E-state index in [2.05, 4.69) is 6.92 Å². The summed E-state index contributed by atoms with van der Waals surface area (Å²) in [5.41, 5.74) is 1.14. The Hall–Kier alpha value is -1.36. The van der Waals surface area contributed by atoms with E-state index >= 15 is 0 Å². The lowest BCUT2D eigenvalue weighted by atomic mass is 10.1. The van der Waals surface area contributed by atoms with Crippen molar-refractivity contribution in [2.75, 3.05) is 13.1 Å². The van der Waals surface area contributed by atoms with Crippen LogP contribution < -0.4 is 0 Å². The van der Waals surface area contributed by atoms with E-state index in [1.165, 1.54) is 16.2 Å². The summed E-state index contributed by atoms with van der Waals surface area (Å²) in [7, 11) is 0. The first-order valence-corrected chi connectivity index (χ1v) is 7.33. The number of carbonyl (C=O) groups excluding carboxylic acids is 1. The Labute approximate surface area is 118 Å². The number of thiophene rings is 1. The Kier molecular flexibility index (Phi) is 5.54.